The zero-order valence-corrected chi connectivity index (χ0v) is 11.0. The van der Waals surface area contributed by atoms with Gasteiger partial charge in [0, 0.05) is 5.69 Å². The molecule has 0 fully saturated rings. The molecule has 0 aliphatic carbocycles. The van der Waals surface area contributed by atoms with Crippen molar-refractivity contribution < 1.29 is 8.60 Å². The molecule has 0 aromatic heterocycles. The lowest BCUT2D eigenvalue weighted by Gasteiger charge is -2.08. The van der Waals surface area contributed by atoms with Gasteiger partial charge in [-0.3, -0.25) is 4.21 Å². The van der Waals surface area contributed by atoms with Crippen molar-refractivity contribution in [1.29, 1.82) is 0 Å². The van der Waals surface area contributed by atoms with E-state index in [-0.39, 0.29) is 11.6 Å². The molecule has 2 N–H and O–H groups in total. The first kappa shape index (κ1) is 13.1. The summed E-state index contributed by atoms with van der Waals surface area (Å²) in [5.41, 5.74) is 6.79. The summed E-state index contributed by atoms with van der Waals surface area (Å²) in [6, 6.07) is 11.0. The molecule has 18 heavy (non-hydrogen) atoms. The first-order valence-electron chi connectivity index (χ1n) is 5.25. The number of nitrogens with two attached hydrogens (primary N) is 1. The summed E-state index contributed by atoms with van der Waals surface area (Å²) in [4.78, 5) is 0.406. The van der Waals surface area contributed by atoms with Crippen LogP contribution in [0.1, 0.15) is 5.56 Å². The van der Waals surface area contributed by atoms with E-state index in [1.54, 1.807) is 30.3 Å². The average molecular weight is 284 g/mol. The number of hydrogen-bond acceptors (Lipinski definition) is 2. The maximum absolute atomic E-state index is 13.0. The number of rotatable bonds is 3. The molecule has 0 amide bonds. The molecule has 5 heteroatoms. The highest BCUT2D eigenvalue weighted by Crippen LogP contribution is 2.27. The Morgan fingerprint density at radius 2 is 1.94 bits per heavy atom. The van der Waals surface area contributed by atoms with Crippen molar-refractivity contribution in [2.24, 2.45) is 0 Å². The molecule has 0 saturated heterocycles. The molecule has 2 rings (SSSR count). The molecule has 2 nitrogen and oxygen atoms in total. The van der Waals surface area contributed by atoms with Gasteiger partial charge in [0.05, 0.1) is 26.5 Å². The zero-order chi connectivity index (χ0) is 13.1. The normalized spacial score (nSPS) is 12.3. The van der Waals surface area contributed by atoms with Crippen molar-refractivity contribution in [1.82, 2.24) is 0 Å². The summed E-state index contributed by atoms with van der Waals surface area (Å²) >= 11 is 5.97. The number of hydrogen-bond donors (Lipinski definition) is 1. The zero-order valence-electron chi connectivity index (χ0n) is 9.40. The van der Waals surface area contributed by atoms with Gasteiger partial charge in [-0.1, -0.05) is 29.8 Å². The Balaban J connectivity index is 2.28. The van der Waals surface area contributed by atoms with Gasteiger partial charge in [-0.2, -0.15) is 0 Å². The van der Waals surface area contributed by atoms with Gasteiger partial charge in [0.25, 0.3) is 0 Å². The van der Waals surface area contributed by atoms with Crippen molar-refractivity contribution in [3.05, 3.63) is 58.9 Å². The lowest BCUT2D eigenvalue weighted by Crippen LogP contribution is -2.02. The van der Waals surface area contributed by atoms with E-state index in [9.17, 15) is 8.60 Å². The van der Waals surface area contributed by atoms with Crippen LogP contribution in [0.4, 0.5) is 10.1 Å². The van der Waals surface area contributed by atoms with Crippen LogP contribution in [0.25, 0.3) is 0 Å². The van der Waals surface area contributed by atoms with E-state index in [4.69, 9.17) is 17.3 Å². The molecule has 0 radical (unpaired) electrons. The third-order valence-electron chi connectivity index (χ3n) is 2.41. The van der Waals surface area contributed by atoms with Crippen molar-refractivity contribution >= 4 is 28.1 Å². The Labute approximate surface area is 112 Å². The number of benzene rings is 2. The Hall–Kier alpha value is -1.39. The van der Waals surface area contributed by atoms with Crippen molar-refractivity contribution in [2.45, 2.75) is 10.6 Å². The maximum atomic E-state index is 13.0. The Kier molecular flexibility index (Phi) is 3.99. The average Bonchev–Trinajstić information content (AvgIpc) is 2.28. The van der Waals surface area contributed by atoms with Crippen LogP contribution in [-0.4, -0.2) is 4.21 Å². The Morgan fingerprint density at radius 3 is 2.61 bits per heavy atom. The van der Waals surface area contributed by atoms with Crippen LogP contribution in [0.2, 0.25) is 5.02 Å². The minimum Gasteiger partial charge on any atom is -0.398 e. The Morgan fingerprint density at radius 1 is 1.22 bits per heavy atom. The predicted octanol–water partition coefficient (Wildman–Crippen LogP) is 3.37. The van der Waals surface area contributed by atoms with Crippen LogP contribution in [0.3, 0.4) is 0 Å². The first-order valence-corrected chi connectivity index (χ1v) is 6.94. The van der Waals surface area contributed by atoms with Crippen molar-refractivity contribution in [3.63, 3.8) is 0 Å². The molecule has 0 aliphatic rings. The van der Waals surface area contributed by atoms with Crippen LogP contribution >= 0.6 is 11.6 Å². The summed E-state index contributed by atoms with van der Waals surface area (Å²) in [5, 5.41) is 0.365. The molecule has 0 saturated carbocycles. The van der Waals surface area contributed by atoms with Crippen LogP contribution in [0.15, 0.2) is 47.4 Å². The van der Waals surface area contributed by atoms with Gasteiger partial charge in [-0.05, 0) is 29.8 Å². The molecule has 2 aromatic carbocycles. The molecule has 0 bridgehead atoms. The SMILES string of the molecule is Nc1cccc(Cl)c1S(=O)Cc1cccc(F)c1. The molecule has 2 aromatic rings. The topological polar surface area (TPSA) is 43.1 Å². The van der Waals surface area contributed by atoms with Crippen LogP contribution in [0.5, 0.6) is 0 Å². The monoisotopic (exact) mass is 283 g/mol. The van der Waals surface area contributed by atoms with E-state index in [1.807, 2.05) is 0 Å². The van der Waals surface area contributed by atoms with Crippen LogP contribution in [-0.2, 0) is 16.6 Å². The number of halogens is 2. The quantitative estimate of drug-likeness (QED) is 0.878. The highest BCUT2D eigenvalue weighted by molar-refractivity contribution is 7.84. The summed E-state index contributed by atoms with van der Waals surface area (Å²) in [7, 11) is -1.39. The molecular formula is C13H11ClFNOS. The van der Waals surface area contributed by atoms with E-state index >= 15 is 0 Å². The van der Waals surface area contributed by atoms with E-state index in [0.717, 1.165) is 0 Å². The highest BCUT2D eigenvalue weighted by atomic mass is 35.5. The summed E-state index contributed by atoms with van der Waals surface area (Å²) in [5.74, 6) is -0.164. The molecular weight excluding hydrogens is 273 g/mol. The van der Waals surface area contributed by atoms with Gasteiger partial charge >= 0.3 is 0 Å². The van der Waals surface area contributed by atoms with Gasteiger partial charge in [-0.15, -0.1) is 0 Å². The van der Waals surface area contributed by atoms with Gasteiger partial charge in [0.1, 0.15) is 5.82 Å². The lowest BCUT2D eigenvalue weighted by atomic mass is 10.2. The molecule has 94 valence electrons. The Bertz CT molecular complexity index is 583. The summed E-state index contributed by atoms with van der Waals surface area (Å²) < 4.78 is 25.2. The minimum atomic E-state index is -1.39. The first-order chi connectivity index (χ1) is 8.58. The van der Waals surface area contributed by atoms with E-state index in [2.05, 4.69) is 0 Å². The second-order valence-electron chi connectivity index (χ2n) is 3.78. The fraction of sp³-hybridized carbons (Fsp3) is 0.0769. The fourth-order valence-corrected chi connectivity index (χ4v) is 3.30. The second kappa shape index (κ2) is 5.50. The van der Waals surface area contributed by atoms with Gasteiger partial charge in [-0.25, -0.2) is 4.39 Å². The summed E-state index contributed by atoms with van der Waals surface area (Å²) in [6.07, 6.45) is 0. The summed E-state index contributed by atoms with van der Waals surface area (Å²) in [6.45, 7) is 0. The third-order valence-corrected chi connectivity index (χ3v) is 4.35. The van der Waals surface area contributed by atoms with Crippen LogP contribution < -0.4 is 5.73 Å². The van der Waals surface area contributed by atoms with E-state index in [1.165, 1.54) is 12.1 Å². The standard InChI is InChI=1S/C13H11ClFNOS/c14-11-5-2-6-12(16)13(11)18(17)8-9-3-1-4-10(15)7-9/h1-7H,8,16H2. The van der Waals surface area contributed by atoms with Crippen molar-refractivity contribution in [3.8, 4) is 0 Å². The lowest BCUT2D eigenvalue weighted by molar-refractivity contribution is 0.626. The van der Waals surface area contributed by atoms with Crippen molar-refractivity contribution in [2.75, 3.05) is 5.73 Å². The number of nitrogen functional groups attached to an aromatic ring is 1. The van der Waals surface area contributed by atoms with Gasteiger partial charge in [0.15, 0.2) is 0 Å². The molecule has 0 spiro atoms. The highest BCUT2D eigenvalue weighted by Gasteiger charge is 2.13. The number of anilines is 1. The van der Waals surface area contributed by atoms with Crippen LogP contribution in [0, 0.1) is 5.82 Å². The van der Waals surface area contributed by atoms with Gasteiger partial charge < -0.3 is 5.73 Å². The second-order valence-corrected chi connectivity index (χ2v) is 5.57. The smallest absolute Gasteiger partial charge is 0.123 e. The minimum absolute atomic E-state index is 0.186. The molecule has 1 unspecified atom stereocenters. The fourth-order valence-electron chi connectivity index (χ4n) is 1.62. The molecule has 1 atom stereocenters. The molecule has 0 heterocycles. The largest absolute Gasteiger partial charge is 0.398 e. The van der Waals surface area contributed by atoms with E-state index < -0.39 is 10.8 Å². The van der Waals surface area contributed by atoms with E-state index in [0.29, 0.717) is 21.2 Å². The van der Waals surface area contributed by atoms with Gasteiger partial charge in [0.2, 0.25) is 0 Å². The maximum Gasteiger partial charge on any atom is 0.123 e. The predicted molar refractivity (Wildman–Crippen MR) is 72.4 cm³/mol. The molecule has 0 aliphatic heterocycles. The third kappa shape index (κ3) is 2.89.